The normalized spacial score (nSPS) is 15.8. The van der Waals surface area contributed by atoms with Crippen LogP contribution in [0.5, 0.6) is 0 Å². The molecule has 0 saturated carbocycles. The van der Waals surface area contributed by atoms with Crippen LogP contribution in [-0.4, -0.2) is 41.2 Å². The highest BCUT2D eigenvalue weighted by molar-refractivity contribution is 6.03. The summed E-state index contributed by atoms with van der Waals surface area (Å²) in [5.74, 6) is -1.21. The Morgan fingerprint density at radius 3 is 2.74 bits per heavy atom. The van der Waals surface area contributed by atoms with Gasteiger partial charge >= 0.3 is 5.97 Å². The Morgan fingerprint density at radius 1 is 1.26 bits per heavy atom. The summed E-state index contributed by atoms with van der Waals surface area (Å²) in [5.41, 5.74) is 9.06. The molecule has 2 aromatic rings. The quantitative estimate of drug-likeness (QED) is 0.419. The van der Waals surface area contributed by atoms with E-state index in [0.29, 0.717) is 18.0 Å². The Hall–Kier alpha value is -3.75. The molecule has 9 heteroatoms. The number of benzene rings is 2. The molecule has 2 aromatic carbocycles. The minimum absolute atomic E-state index is 0.0816. The van der Waals surface area contributed by atoms with E-state index in [2.05, 4.69) is 15.5 Å². The summed E-state index contributed by atoms with van der Waals surface area (Å²) in [4.78, 5) is 32.0. The number of amidine groups is 1. The average molecular weight is 426 g/mol. The maximum Gasteiger partial charge on any atom is 0.305 e. The number of aliphatic imine (C=N–C) groups is 1. The van der Waals surface area contributed by atoms with Gasteiger partial charge in [0, 0.05) is 18.5 Å². The number of carbonyl (C=O) groups excluding carboxylic acids is 1. The van der Waals surface area contributed by atoms with Crippen LogP contribution < -0.4 is 11.1 Å². The number of hydrogen-bond donors (Lipinski definition) is 3. The van der Waals surface area contributed by atoms with Gasteiger partial charge in [-0.3, -0.25) is 14.6 Å². The lowest BCUT2D eigenvalue weighted by Gasteiger charge is -2.08. The van der Waals surface area contributed by atoms with Gasteiger partial charge in [-0.2, -0.15) is 0 Å². The minimum atomic E-state index is -0.967. The van der Waals surface area contributed by atoms with Crippen LogP contribution in [0.3, 0.4) is 0 Å². The molecule has 1 heterocycles. The monoisotopic (exact) mass is 426 g/mol. The summed E-state index contributed by atoms with van der Waals surface area (Å²) in [6.07, 6.45) is 0.0524. The lowest BCUT2D eigenvalue weighted by molar-refractivity contribution is -0.136. The zero-order valence-electron chi connectivity index (χ0n) is 16.8. The number of oxime groups is 1. The van der Waals surface area contributed by atoms with Crippen molar-refractivity contribution in [1.29, 1.82) is 0 Å². The van der Waals surface area contributed by atoms with Gasteiger partial charge in [-0.1, -0.05) is 41.6 Å². The van der Waals surface area contributed by atoms with E-state index in [1.807, 2.05) is 24.3 Å². The van der Waals surface area contributed by atoms with E-state index < -0.39 is 12.1 Å². The topological polar surface area (TPSA) is 126 Å². The predicted octanol–water partition coefficient (Wildman–Crippen LogP) is 2.21. The molecule has 0 aliphatic carbocycles. The molecule has 0 aromatic heterocycles. The largest absolute Gasteiger partial charge is 0.481 e. The van der Waals surface area contributed by atoms with Crippen molar-refractivity contribution in [2.24, 2.45) is 15.9 Å². The third-order valence-corrected chi connectivity index (χ3v) is 4.64. The number of hydrogen-bond acceptors (Lipinski definition) is 5. The predicted molar refractivity (Wildman–Crippen MR) is 113 cm³/mol. The van der Waals surface area contributed by atoms with Crippen LogP contribution in [0.15, 0.2) is 58.7 Å². The maximum absolute atomic E-state index is 13.2. The average Bonchev–Trinajstić information content (AvgIpc) is 3.20. The van der Waals surface area contributed by atoms with E-state index in [-0.39, 0.29) is 37.7 Å². The van der Waals surface area contributed by atoms with Crippen LogP contribution >= 0.6 is 0 Å². The smallest absolute Gasteiger partial charge is 0.305 e. The van der Waals surface area contributed by atoms with Gasteiger partial charge in [0.05, 0.1) is 25.1 Å². The summed E-state index contributed by atoms with van der Waals surface area (Å²) in [7, 11) is 0. The molecule has 1 amide bonds. The summed E-state index contributed by atoms with van der Waals surface area (Å²) >= 11 is 0. The van der Waals surface area contributed by atoms with Gasteiger partial charge in [0.1, 0.15) is 17.8 Å². The first-order valence-corrected chi connectivity index (χ1v) is 9.77. The molecule has 0 bridgehead atoms. The van der Waals surface area contributed by atoms with Crippen molar-refractivity contribution in [2.75, 3.05) is 6.54 Å². The van der Waals surface area contributed by atoms with Crippen LogP contribution in [0.1, 0.15) is 36.0 Å². The number of nitrogens with zero attached hydrogens (tertiary/aromatic N) is 2. The summed E-state index contributed by atoms with van der Waals surface area (Å²) in [6, 6.07) is 13.5. The number of carboxylic acid groups (broad SMARTS) is 1. The molecule has 0 saturated heterocycles. The standard InChI is InChI=1S/C22H23FN4O4/c23-17-3-1-2-14(10-17)13-26-22(24)16-6-4-15(5-7-16)19-11-18(31-27-19)12-20(28)25-9-8-21(29)30/h1-7,10,18H,8-9,11-13H2,(H2,24,26)(H,25,28)(H,29,30)/t18-/m1/s1. The molecule has 0 fully saturated rings. The Balaban J connectivity index is 1.51. The lowest BCUT2D eigenvalue weighted by atomic mass is 10.0. The molecule has 1 aliphatic heterocycles. The number of amides is 1. The first-order valence-electron chi connectivity index (χ1n) is 9.77. The first-order chi connectivity index (χ1) is 14.9. The Morgan fingerprint density at radius 2 is 2.03 bits per heavy atom. The Bertz CT molecular complexity index is 1000. The second-order valence-electron chi connectivity index (χ2n) is 7.08. The number of aliphatic carboxylic acids is 1. The molecular formula is C22H23FN4O4. The van der Waals surface area contributed by atoms with Crippen molar-refractivity contribution in [3.05, 3.63) is 71.0 Å². The zero-order chi connectivity index (χ0) is 22.2. The fourth-order valence-electron chi connectivity index (χ4n) is 3.03. The second kappa shape index (κ2) is 10.3. The highest BCUT2D eigenvalue weighted by Crippen LogP contribution is 2.19. The molecule has 0 spiro atoms. The van der Waals surface area contributed by atoms with Gasteiger partial charge in [-0.25, -0.2) is 4.39 Å². The van der Waals surface area contributed by atoms with E-state index >= 15 is 0 Å². The van der Waals surface area contributed by atoms with Gasteiger partial charge in [0.2, 0.25) is 5.91 Å². The number of carboxylic acids is 1. The van der Waals surface area contributed by atoms with E-state index in [9.17, 15) is 14.0 Å². The third kappa shape index (κ3) is 6.63. The molecule has 1 atom stereocenters. The Labute approximate surface area is 178 Å². The van der Waals surface area contributed by atoms with Crippen molar-refractivity contribution in [2.45, 2.75) is 31.9 Å². The van der Waals surface area contributed by atoms with Gasteiger partial charge in [-0.05, 0) is 23.3 Å². The second-order valence-corrected chi connectivity index (χ2v) is 7.08. The molecule has 0 radical (unpaired) electrons. The van der Waals surface area contributed by atoms with E-state index in [1.165, 1.54) is 12.1 Å². The number of halogens is 1. The van der Waals surface area contributed by atoms with E-state index in [1.54, 1.807) is 12.1 Å². The van der Waals surface area contributed by atoms with Crippen LogP contribution in [0.25, 0.3) is 0 Å². The fourth-order valence-corrected chi connectivity index (χ4v) is 3.03. The molecule has 162 valence electrons. The maximum atomic E-state index is 13.2. The van der Waals surface area contributed by atoms with Crippen LogP contribution in [0, 0.1) is 5.82 Å². The first kappa shape index (κ1) is 21.9. The summed E-state index contributed by atoms with van der Waals surface area (Å²) < 4.78 is 13.2. The van der Waals surface area contributed by atoms with Crippen molar-refractivity contribution < 1.29 is 23.9 Å². The number of nitrogens with two attached hydrogens (primary N) is 1. The van der Waals surface area contributed by atoms with Gasteiger partial charge in [0.25, 0.3) is 0 Å². The third-order valence-electron chi connectivity index (χ3n) is 4.64. The summed E-state index contributed by atoms with van der Waals surface area (Å²) in [5, 5.41) is 15.2. The van der Waals surface area contributed by atoms with Gasteiger partial charge in [-0.15, -0.1) is 0 Å². The lowest BCUT2D eigenvalue weighted by Crippen LogP contribution is -2.29. The Kier molecular flexibility index (Phi) is 7.31. The molecule has 31 heavy (non-hydrogen) atoms. The molecular weight excluding hydrogens is 403 g/mol. The van der Waals surface area contributed by atoms with Crippen LogP contribution in [0.2, 0.25) is 0 Å². The minimum Gasteiger partial charge on any atom is -0.481 e. The van der Waals surface area contributed by atoms with E-state index in [4.69, 9.17) is 15.7 Å². The van der Waals surface area contributed by atoms with Gasteiger partial charge < -0.3 is 21.0 Å². The number of carbonyl (C=O) groups is 2. The van der Waals surface area contributed by atoms with Gasteiger partial charge in [0.15, 0.2) is 0 Å². The van der Waals surface area contributed by atoms with Crippen molar-refractivity contribution in [3.8, 4) is 0 Å². The fraction of sp³-hybridized carbons (Fsp3) is 0.273. The number of nitrogens with one attached hydrogen (secondary N) is 1. The SMILES string of the molecule is NC(=NCc1cccc(F)c1)c1ccc(C2=NO[C@@H](CC(=O)NCCC(=O)O)C2)cc1. The summed E-state index contributed by atoms with van der Waals surface area (Å²) in [6.45, 7) is 0.361. The molecule has 8 nitrogen and oxygen atoms in total. The van der Waals surface area contributed by atoms with Crippen molar-refractivity contribution in [1.82, 2.24) is 5.32 Å². The van der Waals surface area contributed by atoms with Crippen LogP contribution in [-0.2, 0) is 21.0 Å². The highest BCUT2D eigenvalue weighted by atomic mass is 19.1. The van der Waals surface area contributed by atoms with Crippen molar-refractivity contribution >= 4 is 23.4 Å². The van der Waals surface area contributed by atoms with Crippen LogP contribution in [0.4, 0.5) is 4.39 Å². The number of rotatable bonds is 9. The molecule has 1 aliphatic rings. The zero-order valence-corrected chi connectivity index (χ0v) is 16.8. The highest BCUT2D eigenvalue weighted by Gasteiger charge is 2.24. The molecule has 0 unspecified atom stereocenters. The van der Waals surface area contributed by atoms with E-state index in [0.717, 1.165) is 16.7 Å². The van der Waals surface area contributed by atoms with Crippen molar-refractivity contribution in [3.63, 3.8) is 0 Å². The molecule has 3 rings (SSSR count). The molecule has 4 N–H and O–H groups in total.